The molecule has 0 aromatic heterocycles. The summed E-state index contributed by atoms with van der Waals surface area (Å²) >= 11 is 0. The van der Waals surface area contributed by atoms with Crippen molar-refractivity contribution in [3.63, 3.8) is 0 Å². The number of hydrogen-bond donors (Lipinski definition) is 1. The standard InChI is InChI=1S/C13H23NO/c1-10-8-9-12(15-10)13(14)11-6-4-2-3-5-7-11/h6,10,12-13H,2-5,7-9,14H2,1H3. The van der Waals surface area contributed by atoms with E-state index in [1.165, 1.54) is 44.1 Å². The number of hydrogen-bond acceptors (Lipinski definition) is 2. The van der Waals surface area contributed by atoms with Crippen molar-refractivity contribution >= 4 is 0 Å². The number of ether oxygens (including phenoxy) is 1. The highest BCUT2D eigenvalue weighted by Gasteiger charge is 2.29. The first-order valence-corrected chi connectivity index (χ1v) is 6.37. The van der Waals surface area contributed by atoms with Crippen molar-refractivity contribution in [3.8, 4) is 0 Å². The molecule has 1 fully saturated rings. The van der Waals surface area contributed by atoms with Gasteiger partial charge in [0.2, 0.25) is 0 Å². The van der Waals surface area contributed by atoms with Crippen LogP contribution >= 0.6 is 0 Å². The predicted octanol–water partition coefficient (Wildman–Crippen LogP) is 2.77. The van der Waals surface area contributed by atoms with Crippen molar-refractivity contribution in [2.24, 2.45) is 5.73 Å². The van der Waals surface area contributed by atoms with Gasteiger partial charge in [-0.2, -0.15) is 0 Å². The maximum atomic E-state index is 6.29. The maximum Gasteiger partial charge on any atom is 0.0768 e. The first kappa shape index (κ1) is 11.2. The van der Waals surface area contributed by atoms with E-state index < -0.39 is 0 Å². The predicted molar refractivity (Wildman–Crippen MR) is 62.7 cm³/mol. The molecule has 2 N–H and O–H groups in total. The van der Waals surface area contributed by atoms with Crippen molar-refractivity contribution in [1.82, 2.24) is 0 Å². The fourth-order valence-corrected chi connectivity index (χ4v) is 2.68. The highest BCUT2D eigenvalue weighted by Crippen LogP contribution is 2.27. The molecule has 0 saturated carbocycles. The van der Waals surface area contributed by atoms with Crippen LogP contribution in [0.15, 0.2) is 11.6 Å². The molecule has 0 bridgehead atoms. The van der Waals surface area contributed by atoms with Gasteiger partial charge < -0.3 is 10.5 Å². The Bertz CT molecular complexity index is 237. The van der Waals surface area contributed by atoms with E-state index in [4.69, 9.17) is 10.5 Å². The third kappa shape index (κ3) is 2.82. The third-order valence-corrected chi connectivity index (χ3v) is 3.67. The first-order valence-electron chi connectivity index (χ1n) is 6.37. The molecule has 2 nitrogen and oxygen atoms in total. The van der Waals surface area contributed by atoms with Crippen LogP contribution in [0.4, 0.5) is 0 Å². The molecule has 3 unspecified atom stereocenters. The van der Waals surface area contributed by atoms with Crippen LogP contribution in [0.2, 0.25) is 0 Å². The fourth-order valence-electron chi connectivity index (χ4n) is 2.68. The molecule has 15 heavy (non-hydrogen) atoms. The van der Waals surface area contributed by atoms with Crippen LogP contribution in [0.25, 0.3) is 0 Å². The van der Waals surface area contributed by atoms with Crippen LogP contribution in [-0.2, 0) is 4.74 Å². The lowest BCUT2D eigenvalue weighted by Crippen LogP contribution is -2.36. The fraction of sp³-hybridized carbons (Fsp3) is 0.846. The third-order valence-electron chi connectivity index (χ3n) is 3.67. The Morgan fingerprint density at radius 1 is 1.33 bits per heavy atom. The number of allylic oxidation sites excluding steroid dienone is 1. The molecule has 1 heterocycles. The van der Waals surface area contributed by atoms with Gasteiger partial charge in [-0.1, -0.05) is 18.1 Å². The summed E-state index contributed by atoms with van der Waals surface area (Å²) in [6, 6.07) is 0.160. The zero-order valence-electron chi connectivity index (χ0n) is 9.74. The minimum Gasteiger partial charge on any atom is -0.373 e. The van der Waals surface area contributed by atoms with Gasteiger partial charge in [-0.25, -0.2) is 0 Å². The highest BCUT2D eigenvalue weighted by atomic mass is 16.5. The van der Waals surface area contributed by atoms with Gasteiger partial charge in [-0.15, -0.1) is 0 Å². The van der Waals surface area contributed by atoms with E-state index in [-0.39, 0.29) is 12.1 Å². The zero-order valence-corrected chi connectivity index (χ0v) is 9.74. The van der Waals surface area contributed by atoms with E-state index in [0.717, 1.165) is 6.42 Å². The summed E-state index contributed by atoms with van der Waals surface area (Å²) in [7, 11) is 0. The summed E-state index contributed by atoms with van der Waals surface area (Å²) < 4.78 is 5.85. The van der Waals surface area contributed by atoms with E-state index in [1.54, 1.807) is 0 Å². The minimum absolute atomic E-state index is 0.160. The zero-order chi connectivity index (χ0) is 10.7. The molecule has 1 aliphatic heterocycles. The molecular weight excluding hydrogens is 186 g/mol. The smallest absolute Gasteiger partial charge is 0.0768 e. The van der Waals surface area contributed by atoms with E-state index in [9.17, 15) is 0 Å². The second-order valence-corrected chi connectivity index (χ2v) is 4.97. The van der Waals surface area contributed by atoms with E-state index in [1.807, 2.05) is 0 Å². The molecule has 2 heteroatoms. The molecule has 0 spiro atoms. The molecule has 3 atom stereocenters. The summed E-state index contributed by atoms with van der Waals surface area (Å²) in [5.74, 6) is 0. The molecule has 86 valence electrons. The minimum atomic E-state index is 0.160. The summed E-state index contributed by atoms with van der Waals surface area (Å²) in [6.45, 7) is 2.15. The Labute approximate surface area is 92.9 Å². The average Bonchev–Trinajstić information content (AvgIpc) is 2.53. The largest absolute Gasteiger partial charge is 0.373 e. The van der Waals surface area contributed by atoms with E-state index in [0.29, 0.717) is 6.10 Å². The van der Waals surface area contributed by atoms with Crippen molar-refractivity contribution in [1.29, 1.82) is 0 Å². The summed E-state index contributed by atoms with van der Waals surface area (Å²) in [6.07, 6.45) is 11.8. The van der Waals surface area contributed by atoms with Crippen molar-refractivity contribution in [2.45, 2.75) is 70.1 Å². The van der Waals surface area contributed by atoms with Crippen molar-refractivity contribution < 1.29 is 4.74 Å². The van der Waals surface area contributed by atoms with E-state index >= 15 is 0 Å². The van der Waals surface area contributed by atoms with Crippen molar-refractivity contribution in [3.05, 3.63) is 11.6 Å². The molecular formula is C13H23NO. The molecule has 0 aromatic rings. The van der Waals surface area contributed by atoms with Gasteiger partial charge in [0.05, 0.1) is 18.2 Å². The molecule has 2 aliphatic rings. The van der Waals surface area contributed by atoms with Crippen LogP contribution in [0.5, 0.6) is 0 Å². The Kier molecular flexibility index (Phi) is 3.81. The second kappa shape index (κ2) is 5.13. The topological polar surface area (TPSA) is 35.2 Å². The second-order valence-electron chi connectivity index (χ2n) is 4.97. The summed E-state index contributed by atoms with van der Waals surface area (Å²) in [4.78, 5) is 0. The van der Waals surface area contributed by atoms with Crippen LogP contribution in [-0.4, -0.2) is 18.2 Å². The van der Waals surface area contributed by atoms with Crippen LogP contribution in [0.3, 0.4) is 0 Å². The summed E-state index contributed by atoms with van der Waals surface area (Å²) in [5, 5.41) is 0. The van der Waals surface area contributed by atoms with Gasteiger partial charge >= 0.3 is 0 Å². The first-order chi connectivity index (χ1) is 7.27. The monoisotopic (exact) mass is 209 g/mol. The average molecular weight is 209 g/mol. The SMILES string of the molecule is CC1CCC(C(N)C2=CCCCCC2)O1. The lowest BCUT2D eigenvalue weighted by molar-refractivity contribution is 0.0464. The van der Waals surface area contributed by atoms with Crippen LogP contribution < -0.4 is 5.73 Å². The molecule has 0 amide bonds. The van der Waals surface area contributed by atoms with Crippen molar-refractivity contribution in [2.75, 3.05) is 0 Å². The van der Waals surface area contributed by atoms with Crippen LogP contribution in [0, 0.1) is 0 Å². The van der Waals surface area contributed by atoms with Gasteiger partial charge in [0.1, 0.15) is 0 Å². The Morgan fingerprint density at radius 3 is 2.93 bits per heavy atom. The number of rotatable bonds is 2. The van der Waals surface area contributed by atoms with Gasteiger partial charge in [-0.05, 0) is 45.4 Å². The normalized spacial score (nSPS) is 34.7. The summed E-state index contributed by atoms with van der Waals surface area (Å²) in [5.41, 5.74) is 7.74. The Hall–Kier alpha value is -0.340. The quantitative estimate of drug-likeness (QED) is 0.710. The molecule has 0 radical (unpaired) electrons. The van der Waals surface area contributed by atoms with Gasteiger partial charge in [0.15, 0.2) is 0 Å². The molecule has 1 aliphatic carbocycles. The van der Waals surface area contributed by atoms with Crippen LogP contribution in [0.1, 0.15) is 51.9 Å². The molecule has 1 saturated heterocycles. The Morgan fingerprint density at radius 2 is 2.20 bits per heavy atom. The van der Waals surface area contributed by atoms with Gasteiger partial charge in [-0.3, -0.25) is 0 Å². The lowest BCUT2D eigenvalue weighted by Gasteiger charge is -2.22. The van der Waals surface area contributed by atoms with Gasteiger partial charge in [0, 0.05) is 0 Å². The van der Waals surface area contributed by atoms with E-state index in [2.05, 4.69) is 13.0 Å². The lowest BCUT2D eigenvalue weighted by atomic mass is 9.96. The highest BCUT2D eigenvalue weighted by molar-refractivity contribution is 5.14. The number of nitrogens with two attached hydrogens (primary N) is 1. The maximum absolute atomic E-state index is 6.29. The Balaban J connectivity index is 1.93. The molecule has 0 aromatic carbocycles. The molecule has 2 rings (SSSR count). The van der Waals surface area contributed by atoms with Gasteiger partial charge in [0.25, 0.3) is 0 Å².